The molecule has 0 aliphatic carbocycles. The van der Waals surface area contributed by atoms with Crippen molar-refractivity contribution >= 4 is 0 Å². The smallest absolute Gasteiger partial charge is 0.259 e. The van der Waals surface area contributed by atoms with Gasteiger partial charge in [-0.25, -0.2) is 0 Å². The third-order valence-electron chi connectivity index (χ3n) is 0.159. The van der Waals surface area contributed by atoms with Gasteiger partial charge >= 0.3 is 6.55 Å². The first kappa shape index (κ1) is 5.26. The molecule has 0 aliphatic rings. The SMILES string of the molecule is O=[N+]([O-])C(F)F. The van der Waals surface area contributed by atoms with E-state index >= 15 is 0 Å². The van der Waals surface area contributed by atoms with Crippen LogP contribution in [0, 0.1) is 10.1 Å². The van der Waals surface area contributed by atoms with Gasteiger partial charge in [0.25, 0.3) is 0 Å². The molecule has 0 saturated carbocycles. The first-order chi connectivity index (χ1) is 2.64. The molecule has 3 nitrogen and oxygen atoms in total. The van der Waals surface area contributed by atoms with Gasteiger partial charge in [0.1, 0.15) is 0 Å². The molecule has 0 aromatic carbocycles. The molecule has 0 bridgehead atoms. The number of rotatable bonds is 1. The summed E-state index contributed by atoms with van der Waals surface area (Å²) in [5, 5.41) is 8.75. The fraction of sp³-hybridized carbons (Fsp3) is 1.00. The van der Waals surface area contributed by atoms with Crippen molar-refractivity contribution in [3.05, 3.63) is 10.1 Å². The molecule has 0 fully saturated rings. The average molecular weight is 97.0 g/mol. The standard InChI is InChI=1S/CHF2NO2/c2-1(3)4(5)6/h1H. The van der Waals surface area contributed by atoms with Crippen molar-refractivity contribution < 1.29 is 13.7 Å². The Hall–Kier alpha value is -0.740. The molecule has 5 heteroatoms. The molecule has 0 amide bonds. The third kappa shape index (κ3) is 1.57. The minimum Gasteiger partial charge on any atom is -0.259 e. The molecule has 0 aromatic rings. The second-order valence-electron chi connectivity index (χ2n) is 0.563. The monoisotopic (exact) mass is 97.0 g/mol. The lowest BCUT2D eigenvalue weighted by molar-refractivity contribution is -0.586. The summed E-state index contributed by atoms with van der Waals surface area (Å²) in [7, 11) is 0. The van der Waals surface area contributed by atoms with Gasteiger partial charge in [-0.05, 0) is 0 Å². The number of nitrogens with zero attached hydrogens (tertiary/aromatic N) is 1. The van der Waals surface area contributed by atoms with E-state index < -0.39 is 11.5 Å². The Morgan fingerprint density at radius 1 is 1.67 bits per heavy atom. The Kier molecular flexibility index (Phi) is 1.43. The zero-order valence-electron chi connectivity index (χ0n) is 2.60. The van der Waals surface area contributed by atoms with Crippen LogP contribution >= 0.6 is 0 Å². The van der Waals surface area contributed by atoms with Gasteiger partial charge < -0.3 is 0 Å². The molecule has 36 valence electrons. The summed E-state index contributed by atoms with van der Waals surface area (Å²) in [5.41, 5.74) is 0. The van der Waals surface area contributed by atoms with Crippen LogP contribution in [0.3, 0.4) is 0 Å². The summed E-state index contributed by atoms with van der Waals surface area (Å²) in [6, 6.07) is 0. The Morgan fingerprint density at radius 2 is 1.83 bits per heavy atom. The Morgan fingerprint density at radius 3 is 1.83 bits per heavy atom. The van der Waals surface area contributed by atoms with Crippen LogP contribution < -0.4 is 0 Å². The molecule has 0 saturated heterocycles. The Bertz CT molecular complexity index is 62.6. The summed E-state index contributed by atoms with van der Waals surface area (Å²) < 4.78 is 20.9. The number of hydrogen-bond acceptors (Lipinski definition) is 2. The molecule has 0 rings (SSSR count). The lowest BCUT2D eigenvalue weighted by Gasteiger charge is -1.80. The maximum atomic E-state index is 10.5. The predicted octanol–water partition coefficient (Wildman–Crippen LogP) is 0.486. The maximum absolute atomic E-state index is 10.5. The highest BCUT2D eigenvalue weighted by molar-refractivity contribution is 4.05. The van der Waals surface area contributed by atoms with Crippen molar-refractivity contribution in [2.75, 3.05) is 0 Å². The van der Waals surface area contributed by atoms with Gasteiger partial charge in [0.2, 0.25) is 0 Å². The molecule has 0 N–H and O–H groups in total. The lowest BCUT2D eigenvalue weighted by Crippen LogP contribution is -2.04. The van der Waals surface area contributed by atoms with E-state index in [0.29, 0.717) is 0 Å². The second-order valence-corrected chi connectivity index (χ2v) is 0.563. The van der Waals surface area contributed by atoms with Crippen LogP contribution in [0.5, 0.6) is 0 Å². The highest BCUT2D eigenvalue weighted by Gasteiger charge is 2.11. The van der Waals surface area contributed by atoms with E-state index in [1.54, 1.807) is 0 Å². The predicted molar refractivity (Wildman–Crippen MR) is 13.0 cm³/mol. The Balaban J connectivity index is 3.26. The van der Waals surface area contributed by atoms with Gasteiger partial charge in [-0.1, -0.05) is 0 Å². The number of nitro groups is 1. The maximum Gasteiger partial charge on any atom is 0.500 e. The van der Waals surface area contributed by atoms with Crippen molar-refractivity contribution in [3.8, 4) is 0 Å². The molecule has 0 heterocycles. The minimum atomic E-state index is -3.43. The summed E-state index contributed by atoms with van der Waals surface area (Å²) in [6.45, 7) is -3.43. The molecule has 0 spiro atoms. The van der Waals surface area contributed by atoms with Gasteiger partial charge in [0.15, 0.2) is 0 Å². The van der Waals surface area contributed by atoms with Crippen LogP contribution in [0.4, 0.5) is 8.78 Å². The number of alkyl halides is 2. The van der Waals surface area contributed by atoms with Gasteiger partial charge in [-0.2, -0.15) is 0 Å². The topological polar surface area (TPSA) is 43.1 Å². The van der Waals surface area contributed by atoms with Gasteiger partial charge in [-0.15, -0.1) is 8.78 Å². The van der Waals surface area contributed by atoms with E-state index in [-0.39, 0.29) is 0 Å². The van der Waals surface area contributed by atoms with E-state index in [1.165, 1.54) is 0 Å². The van der Waals surface area contributed by atoms with Crippen LogP contribution in [0.15, 0.2) is 0 Å². The van der Waals surface area contributed by atoms with E-state index in [1.807, 2.05) is 0 Å². The number of halogens is 2. The molecule has 0 unspecified atom stereocenters. The molecule has 0 aliphatic heterocycles. The third-order valence-corrected chi connectivity index (χ3v) is 0.159. The van der Waals surface area contributed by atoms with E-state index in [2.05, 4.69) is 0 Å². The van der Waals surface area contributed by atoms with Crippen molar-refractivity contribution in [1.29, 1.82) is 0 Å². The first-order valence-corrected chi connectivity index (χ1v) is 1.06. The minimum absolute atomic E-state index is 1.67. The lowest BCUT2D eigenvalue weighted by atomic mass is 11.3. The molecular weight excluding hydrogens is 96.0 g/mol. The highest BCUT2D eigenvalue weighted by Crippen LogP contribution is 1.88. The van der Waals surface area contributed by atoms with Crippen molar-refractivity contribution in [3.63, 3.8) is 0 Å². The van der Waals surface area contributed by atoms with Crippen LogP contribution in [-0.2, 0) is 0 Å². The van der Waals surface area contributed by atoms with E-state index in [4.69, 9.17) is 10.1 Å². The molecule has 0 aromatic heterocycles. The fourth-order valence-corrected chi connectivity index (χ4v) is 0. The quantitative estimate of drug-likeness (QED) is 0.271. The van der Waals surface area contributed by atoms with Crippen LogP contribution in [0.2, 0.25) is 0 Å². The molecule has 0 atom stereocenters. The zero-order chi connectivity index (χ0) is 5.15. The van der Waals surface area contributed by atoms with Gasteiger partial charge in [0.05, 0.1) is 4.92 Å². The van der Waals surface area contributed by atoms with Crippen LogP contribution in [0.25, 0.3) is 0 Å². The molecule has 6 heavy (non-hydrogen) atoms. The van der Waals surface area contributed by atoms with Gasteiger partial charge in [0, 0.05) is 0 Å². The largest absolute Gasteiger partial charge is 0.500 e. The summed E-state index contributed by atoms with van der Waals surface area (Å²) in [5.74, 6) is 0. The van der Waals surface area contributed by atoms with Crippen molar-refractivity contribution in [2.45, 2.75) is 6.55 Å². The number of hydrogen-bond donors (Lipinski definition) is 0. The average Bonchev–Trinajstić information content (AvgIpc) is 1.36. The summed E-state index contributed by atoms with van der Waals surface area (Å²) in [4.78, 5) is 7.09. The van der Waals surface area contributed by atoms with E-state index in [9.17, 15) is 8.78 Å². The van der Waals surface area contributed by atoms with E-state index in [0.717, 1.165) is 0 Å². The van der Waals surface area contributed by atoms with Crippen molar-refractivity contribution in [2.24, 2.45) is 0 Å². The molecule has 0 radical (unpaired) electrons. The second kappa shape index (κ2) is 1.64. The van der Waals surface area contributed by atoms with Crippen LogP contribution in [0.1, 0.15) is 0 Å². The highest BCUT2D eigenvalue weighted by atomic mass is 19.3. The molecular formula is CHF2NO2. The summed E-state index contributed by atoms with van der Waals surface area (Å²) in [6.07, 6.45) is 0. The first-order valence-electron chi connectivity index (χ1n) is 1.06. The van der Waals surface area contributed by atoms with Crippen LogP contribution in [-0.4, -0.2) is 11.5 Å². The van der Waals surface area contributed by atoms with Gasteiger partial charge in [-0.3, -0.25) is 10.1 Å². The summed E-state index contributed by atoms with van der Waals surface area (Å²) >= 11 is 0. The fourth-order valence-electron chi connectivity index (χ4n) is 0. The normalized spacial score (nSPS) is 9.17. The van der Waals surface area contributed by atoms with Crippen molar-refractivity contribution in [1.82, 2.24) is 0 Å². The zero-order valence-corrected chi connectivity index (χ0v) is 2.60. The Labute approximate surface area is 31.7 Å².